The van der Waals surface area contributed by atoms with Crippen molar-refractivity contribution >= 4 is 17.7 Å². The number of carbonyl (C=O) groups is 1. The highest BCUT2D eigenvalue weighted by Crippen LogP contribution is 2.19. The lowest BCUT2D eigenvalue weighted by molar-refractivity contribution is -0.126. The second kappa shape index (κ2) is 8.44. The summed E-state index contributed by atoms with van der Waals surface area (Å²) in [7, 11) is 2.03. The standard InChI is InChI=1S/C17H26N2OS/c1-14(17(20)18-15-8-6-7-9-15)19(2)12-13-21-16-10-4-3-5-11-16/h3-5,10-11,14-15H,6-9,12-13H2,1-2H3,(H,18,20). The summed E-state index contributed by atoms with van der Waals surface area (Å²) in [5, 5.41) is 3.18. The summed E-state index contributed by atoms with van der Waals surface area (Å²) in [6.07, 6.45) is 4.80. The van der Waals surface area contributed by atoms with E-state index in [0.717, 1.165) is 25.1 Å². The van der Waals surface area contributed by atoms with Gasteiger partial charge in [0.05, 0.1) is 6.04 Å². The van der Waals surface area contributed by atoms with Crippen LogP contribution in [0.2, 0.25) is 0 Å². The van der Waals surface area contributed by atoms with Crippen LogP contribution in [0.1, 0.15) is 32.6 Å². The summed E-state index contributed by atoms with van der Waals surface area (Å²) in [4.78, 5) is 15.6. The summed E-state index contributed by atoms with van der Waals surface area (Å²) in [6.45, 7) is 2.91. The van der Waals surface area contributed by atoms with Gasteiger partial charge in [-0.2, -0.15) is 0 Å². The van der Waals surface area contributed by atoms with E-state index in [9.17, 15) is 4.79 Å². The first kappa shape index (κ1) is 16.4. The zero-order chi connectivity index (χ0) is 15.1. The van der Waals surface area contributed by atoms with Gasteiger partial charge in [-0.15, -0.1) is 11.8 Å². The van der Waals surface area contributed by atoms with Crippen molar-refractivity contribution in [3.05, 3.63) is 30.3 Å². The molecule has 4 heteroatoms. The molecule has 1 N–H and O–H groups in total. The fraction of sp³-hybridized carbons (Fsp3) is 0.588. The molecule has 0 aliphatic heterocycles. The highest BCUT2D eigenvalue weighted by atomic mass is 32.2. The summed E-state index contributed by atoms with van der Waals surface area (Å²) in [5.74, 6) is 1.18. The predicted octanol–water partition coefficient (Wildman–Crippen LogP) is 3.16. The smallest absolute Gasteiger partial charge is 0.237 e. The van der Waals surface area contributed by atoms with Gasteiger partial charge in [-0.25, -0.2) is 0 Å². The number of likely N-dealkylation sites (N-methyl/N-ethyl adjacent to an activating group) is 1. The molecule has 3 nitrogen and oxygen atoms in total. The van der Waals surface area contributed by atoms with Crippen LogP contribution in [0.15, 0.2) is 35.2 Å². The molecule has 1 aromatic rings. The van der Waals surface area contributed by atoms with Crippen molar-refractivity contribution in [3.63, 3.8) is 0 Å². The van der Waals surface area contributed by atoms with Gasteiger partial charge in [-0.3, -0.25) is 9.69 Å². The van der Waals surface area contributed by atoms with Gasteiger partial charge in [0.15, 0.2) is 0 Å². The Labute approximate surface area is 132 Å². The quantitative estimate of drug-likeness (QED) is 0.785. The highest BCUT2D eigenvalue weighted by Gasteiger charge is 2.22. The first-order valence-electron chi connectivity index (χ1n) is 7.85. The van der Waals surface area contributed by atoms with E-state index in [2.05, 4.69) is 34.5 Å². The van der Waals surface area contributed by atoms with E-state index in [1.807, 2.05) is 31.8 Å². The Morgan fingerprint density at radius 2 is 2.00 bits per heavy atom. The number of hydrogen-bond donors (Lipinski definition) is 1. The molecule has 1 atom stereocenters. The molecular weight excluding hydrogens is 280 g/mol. The van der Waals surface area contributed by atoms with Gasteiger partial charge in [0.2, 0.25) is 5.91 Å². The molecule has 0 saturated heterocycles. The zero-order valence-electron chi connectivity index (χ0n) is 13.0. The highest BCUT2D eigenvalue weighted by molar-refractivity contribution is 7.99. The van der Waals surface area contributed by atoms with E-state index in [1.165, 1.54) is 17.7 Å². The number of nitrogens with one attached hydrogen (secondary N) is 1. The molecule has 1 aromatic carbocycles. The van der Waals surface area contributed by atoms with Gasteiger partial charge in [0.25, 0.3) is 0 Å². The lowest BCUT2D eigenvalue weighted by Crippen LogP contribution is -2.46. The molecule has 1 aliphatic carbocycles. The van der Waals surface area contributed by atoms with Crippen molar-refractivity contribution in [1.82, 2.24) is 10.2 Å². The number of nitrogens with zero attached hydrogens (tertiary/aromatic N) is 1. The number of benzene rings is 1. The van der Waals surface area contributed by atoms with E-state index in [1.54, 1.807) is 0 Å². The van der Waals surface area contributed by atoms with E-state index in [-0.39, 0.29) is 11.9 Å². The Bertz CT molecular complexity index is 432. The fourth-order valence-corrected chi connectivity index (χ4v) is 3.57. The molecule has 1 aliphatic rings. The molecule has 1 amide bonds. The van der Waals surface area contributed by atoms with Crippen LogP contribution in [-0.4, -0.2) is 42.2 Å². The molecule has 21 heavy (non-hydrogen) atoms. The minimum absolute atomic E-state index is 0.0537. The van der Waals surface area contributed by atoms with Crippen LogP contribution in [0.25, 0.3) is 0 Å². The van der Waals surface area contributed by atoms with Crippen LogP contribution in [0.3, 0.4) is 0 Å². The van der Waals surface area contributed by atoms with E-state index in [0.29, 0.717) is 6.04 Å². The third-order valence-electron chi connectivity index (χ3n) is 4.20. The molecular formula is C17H26N2OS. The molecule has 1 saturated carbocycles. The molecule has 1 fully saturated rings. The number of rotatable bonds is 7. The molecule has 0 aromatic heterocycles. The van der Waals surface area contributed by atoms with Crippen LogP contribution >= 0.6 is 11.8 Å². The molecule has 1 unspecified atom stereocenters. The number of carbonyl (C=O) groups excluding carboxylic acids is 1. The Balaban J connectivity index is 1.69. The predicted molar refractivity (Wildman–Crippen MR) is 89.7 cm³/mol. The van der Waals surface area contributed by atoms with E-state index < -0.39 is 0 Å². The monoisotopic (exact) mass is 306 g/mol. The van der Waals surface area contributed by atoms with Crippen molar-refractivity contribution in [2.75, 3.05) is 19.3 Å². The van der Waals surface area contributed by atoms with Crippen LogP contribution in [0.4, 0.5) is 0 Å². The zero-order valence-corrected chi connectivity index (χ0v) is 13.9. The largest absolute Gasteiger partial charge is 0.352 e. The maximum atomic E-state index is 12.2. The SMILES string of the molecule is CC(C(=O)NC1CCCC1)N(C)CCSc1ccccc1. The average Bonchev–Trinajstić information content (AvgIpc) is 3.00. The Kier molecular flexibility index (Phi) is 6.58. The Morgan fingerprint density at radius 3 is 2.67 bits per heavy atom. The minimum atomic E-state index is -0.0537. The van der Waals surface area contributed by atoms with Crippen molar-refractivity contribution in [2.24, 2.45) is 0 Å². The van der Waals surface area contributed by atoms with Crippen molar-refractivity contribution in [2.45, 2.75) is 49.6 Å². The molecule has 116 valence electrons. The topological polar surface area (TPSA) is 32.3 Å². The van der Waals surface area contributed by atoms with Gasteiger partial charge < -0.3 is 5.32 Å². The first-order valence-corrected chi connectivity index (χ1v) is 8.84. The Hall–Kier alpha value is -1.00. The number of amides is 1. The third-order valence-corrected chi connectivity index (χ3v) is 5.19. The van der Waals surface area contributed by atoms with Crippen molar-refractivity contribution < 1.29 is 4.79 Å². The third kappa shape index (κ3) is 5.36. The maximum absolute atomic E-state index is 12.2. The second-order valence-corrected chi connectivity index (χ2v) is 6.98. The van der Waals surface area contributed by atoms with Crippen LogP contribution in [0.5, 0.6) is 0 Å². The van der Waals surface area contributed by atoms with E-state index in [4.69, 9.17) is 0 Å². The molecule has 0 spiro atoms. The molecule has 2 rings (SSSR count). The normalized spacial score (nSPS) is 17.1. The van der Waals surface area contributed by atoms with Gasteiger partial charge in [0.1, 0.15) is 0 Å². The minimum Gasteiger partial charge on any atom is -0.352 e. The molecule has 0 radical (unpaired) electrons. The van der Waals surface area contributed by atoms with Gasteiger partial charge in [0, 0.05) is 23.2 Å². The first-order chi connectivity index (χ1) is 10.2. The summed E-state index contributed by atoms with van der Waals surface area (Å²) >= 11 is 1.84. The summed E-state index contributed by atoms with van der Waals surface area (Å²) in [6, 6.07) is 10.8. The van der Waals surface area contributed by atoms with Crippen molar-refractivity contribution in [1.29, 1.82) is 0 Å². The molecule has 0 bridgehead atoms. The second-order valence-electron chi connectivity index (χ2n) is 5.81. The van der Waals surface area contributed by atoms with E-state index >= 15 is 0 Å². The van der Waals surface area contributed by atoms with Crippen LogP contribution < -0.4 is 5.32 Å². The number of hydrogen-bond acceptors (Lipinski definition) is 3. The van der Waals surface area contributed by atoms with Gasteiger partial charge >= 0.3 is 0 Å². The summed E-state index contributed by atoms with van der Waals surface area (Å²) in [5.41, 5.74) is 0. The van der Waals surface area contributed by atoms with Crippen LogP contribution in [0, 0.1) is 0 Å². The maximum Gasteiger partial charge on any atom is 0.237 e. The fourth-order valence-electron chi connectivity index (χ4n) is 2.61. The lowest BCUT2D eigenvalue weighted by atomic mass is 10.2. The van der Waals surface area contributed by atoms with Crippen molar-refractivity contribution in [3.8, 4) is 0 Å². The number of thioether (sulfide) groups is 1. The summed E-state index contributed by atoms with van der Waals surface area (Å²) < 4.78 is 0. The van der Waals surface area contributed by atoms with Crippen LogP contribution in [-0.2, 0) is 4.79 Å². The molecule has 0 heterocycles. The lowest BCUT2D eigenvalue weighted by Gasteiger charge is -2.25. The van der Waals surface area contributed by atoms with Gasteiger partial charge in [-0.05, 0) is 38.9 Å². The average molecular weight is 306 g/mol. The Morgan fingerprint density at radius 1 is 1.33 bits per heavy atom. The van der Waals surface area contributed by atoms with Gasteiger partial charge in [-0.1, -0.05) is 31.0 Å².